The average molecular weight is 533 g/mol. The quantitative estimate of drug-likeness (QED) is 0.520. The number of aromatic nitrogens is 1. The lowest BCUT2D eigenvalue weighted by atomic mass is 9.88. The lowest BCUT2D eigenvalue weighted by Gasteiger charge is -2.40. The zero-order valence-electron chi connectivity index (χ0n) is 24.7. The molecule has 0 spiro atoms. The normalized spacial score (nSPS) is 20.1. The van der Waals surface area contributed by atoms with Crippen LogP contribution in [0.2, 0.25) is 0 Å². The number of rotatable bonds is 7. The highest BCUT2D eigenvalue weighted by Crippen LogP contribution is 2.33. The Bertz CT molecular complexity index is 1320. The molecule has 1 aromatic carbocycles. The Morgan fingerprint density at radius 3 is 2.33 bits per heavy atom. The number of amides is 1. The van der Waals surface area contributed by atoms with Crippen molar-refractivity contribution >= 4 is 11.6 Å². The summed E-state index contributed by atoms with van der Waals surface area (Å²) in [5, 5.41) is 3.01. The molecule has 2 fully saturated rings. The minimum atomic E-state index is -0.192. The molecule has 1 saturated heterocycles. The second-order valence-electron chi connectivity index (χ2n) is 11.8. The fraction of sp³-hybridized carbons (Fsp3) is 0.562. The van der Waals surface area contributed by atoms with Crippen molar-refractivity contribution in [3.05, 3.63) is 62.1 Å². The third-order valence-corrected chi connectivity index (χ3v) is 8.37. The van der Waals surface area contributed by atoms with E-state index < -0.39 is 0 Å². The van der Waals surface area contributed by atoms with E-state index in [1.807, 2.05) is 26.8 Å². The van der Waals surface area contributed by atoms with E-state index in [4.69, 9.17) is 4.74 Å². The van der Waals surface area contributed by atoms with Gasteiger partial charge in [0.1, 0.15) is 0 Å². The zero-order valence-corrected chi connectivity index (χ0v) is 24.7. The van der Waals surface area contributed by atoms with Crippen LogP contribution in [0.3, 0.4) is 0 Å². The average Bonchev–Trinajstić information content (AvgIpc) is 2.87. The number of anilines is 1. The summed E-state index contributed by atoms with van der Waals surface area (Å²) in [6, 6.07) is 6.67. The molecule has 0 atom stereocenters. The zero-order chi connectivity index (χ0) is 28.3. The molecule has 7 nitrogen and oxygen atoms in total. The minimum absolute atomic E-state index is 0.0671. The number of aromatic amines is 1. The summed E-state index contributed by atoms with van der Waals surface area (Å²) in [6.07, 6.45) is 4.59. The summed E-state index contributed by atoms with van der Waals surface area (Å²) in [4.78, 5) is 34.1. The van der Waals surface area contributed by atoms with Crippen LogP contribution >= 0.6 is 0 Å². The first-order valence-corrected chi connectivity index (χ1v) is 14.2. The largest absolute Gasteiger partial charge is 0.378 e. The lowest BCUT2D eigenvalue weighted by Crippen LogP contribution is -2.42. The maximum Gasteiger partial charge on any atom is 0.251 e. The van der Waals surface area contributed by atoms with Crippen molar-refractivity contribution in [2.24, 2.45) is 5.41 Å². The summed E-state index contributed by atoms with van der Waals surface area (Å²) in [5.74, 6) is 6.54. The fourth-order valence-corrected chi connectivity index (χ4v) is 5.88. The van der Waals surface area contributed by atoms with Crippen molar-refractivity contribution in [1.82, 2.24) is 15.2 Å². The van der Waals surface area contributed by atoms with E-state index in [0.29, 0.717) is 36.4 Å². The van der Waals surface area contributed by atoms with Gasteiger partial charge in [0, 0.05) is 65.0 Å². The SMILES string of the molecule is CCN(c1cc(C#CC2(C)COC2)cc(C(=O)NCc2c(C)[nH]c(C)cc2=O)c1C)[C@H]1CC[C@H](N(C)C)CC1. The van der Waals surface area contributed by atoms with Gasteiger partial charge in [-0.05, 0) is 92.1 Å². The van der Waals surface area contributed by atoms with Gasteiger partial charge in [-0.2, -0.15) is 0 Å². The van der Waals surface area contributed by atoms with Crippen LogP contribution in [0.5, 0.6) is 0 Å². The van der Waals surface area contributed by atoms with E-state index in [2.05, 4.69) is 66.0 Å². The second-order valence-corrected chi connectivity index (χ2v) is 11.8. The number of hydrogen-bond donors (Lipinski definition) is 2. The number of H-pyrrole nitrogens is 1. The van der Waals surface area contributed by atoms with E-state index in [9.17, 15) is 9.59 Å². The van der Waals surface area contributed by atoms with Gasteiger partial charge in [-0.15, -0.1) is 0 Å². The van der Waals surface area contributed by atoms with E-state index >= 15 is 0 Å². The molecule has 0 unspecified atom stereocenters. The van der Waals surface area contributed by atoms with Crippen LogP contribution in [0, 0.1) is 38.0 Å². The van der Waals surface area contributed by atoms with Crippen LogP contribution in [-0.2, 0) is 11.3 Å². The van der Waals surface area contributed by atoms with Gasteiger partial charge in [-0.3, -0.25) is 9.59 Å². The number of ether oxygens (including phenoxy) is 1. The Kier molecular flexibility index (Phi) is 8.88. The predicted octanol–water partition coefficient (Wildman–Crippen LogP) is 4.32. The molecule has 0 bridgehead atoms. The number of aryl methyl sites for hydroxylation is 2. The highest BCUT2D eigenvalue weighted by atomic mass is 16.5. The van der Waals surface area contributed by atoms with E-state index in [1.54, 1.807) is 6.07 Å². The van der Waals surface area contributed by atoms with Crippen molar-refractivity contribution in [2.75, 3.05) is 38.8 Å². The number of carbonyl (C=O) groups excluding carboxylic acids is 1. The minimum Gasteiger partial charge on any atom is -0.378 e. The van der Waals surface area contributed by atoms with Crippen LogP contribution in [-0.4, -0.2) is 61.7 Å². The molecule has 1 saturated carbocycles. The number of pyridine rings is 1. The number of carbonyl (C=O) groups is 1. The molecule has 2 aromatic rings. The van der Waals surface area contributed by atoms with Crippen LogP contribution in [0.4, 0.5) is 5.69 Å². The molecule has 1 aromatic heterocycles. The Hall–Kier alpha value is -3.08. The Labute approximate surface area is 233 Å². The van der Waals surface area contributed by atoms with Crippen molar-refractivity contribution in [3.8, 4) is 11.8 Å². The molecule has 1 aliphatic heterocycles. The van der Waals surface area contributed by atoms with Crippen molar-refractivity contribution in [2.45, 2.75) is 78.9 Å². The van der Waals surface area contributed by atoms with E-state index in [1.165, 1.54) is 12.8 Å². The standard InChI is InChI=1S/C32H44N4O3/c1-8-36(26-11-9-25(10-12-26)35(6)7)29-17-24(13-14-32(5)19-39-20-32)16-27(22(29)3)31(38)33-18-28-23(4)34-21(2)15-30(28)37/h15-17,25-26H,8-12,18-20H2,1-7H3,(H,33,38)(H,34,37)/t25-,26-. The number of benzene rings is 1. The Morgan fingerprint density at radius 2 is 1.77 bits per heavy atom. The lowest BCUT2D eigenvalue weighted by molar-refractivity contribution is -0.0648. The van der Waals surface area contributed by atoms with Crippen LogP contribution in [0.25, 0.3) is 0 Å². The van der Waals surface area contributed by atoms with Crippen LogP contribution < -0.4 is 15.6 Å². The van der Waals surface area contributed by atoms with Crippen LogP contribution in [0.1, 0.15) is 78.0 Å². The maximum atomic E-state index is 13.6. The van der Waals surface area contributed by atoms with Gasteiger partial charge in [-0.25, -0.2) is 0 Å². The summed E-state index contributed by atoms with van der Waals surface area (Å²) in [6.45, 7) is 12.3. The third kappa shape index (κ3) is 6.57. The van der Waals surface area contributed by atoms with E-state index in [0.717, 1.165) is 47.6 Å². The van der Waals surface area contributed by atoms with Gasteiger partial charge in [0.25, 0.3) is 5.91 Å². The molecule has 0 radical (unpaired) electrons. The van der Waals surface area contributed by atoms with Gasteiger partial charge in [0.2, 0.25) is 0 Å². The molecular weight excluding hydrogens is 488 g/mol. The van der Waals surface area contributed by atoms with E-state index in [-0.39, 0.29) is 23.3 Å². The number of nitrogens with zero attached hydrogens (tertiary/aromatic N) is 2. The first kappa shape index (κ1) is 28.9. The molecule has 7 heteroatoms. The molecule has 39 heavy (non-hydrogen) atoms. The molecule has 1 amide bonds. The third-order valence-electron chi connectivity index (χ3n) is 8.37. The summed E-state index contributed by atoms with van der Waals surface area (Å²) >= 11 is 0. The number of nitrogens with one attached hydrogen (secondary N) is 2. The Balaban J connectivity index is 1.66. The monoisotopic (exact) mass is 532 g/mol. The van der Waals surface area contributed by atoms with Gasteiger partial charge in [0.15, 0.2) is 5.43 Å². The van der Waals surface area contributed by atoms with Crippen molar-refractivity contribution < 1.29 is 9.53 Å². The molecule has 210 valence electrons. The smallest absolute Gasteiger partial charge is 0.251 e. The molecule has 1 aliphatic carbocycles. The summed E-state index contributed by atoms with van der Waals surface area (Å²) in [5.41, 5.74) is 5.41. The van der Waals surface area contributed by atoms with Gasteiger partial charge in [-0.1, -0.05) is 11.8 Å². The van der Waals surface area contributed by atoms with Crippen molar-refractivity contribution in [3.63, 3.8) is 0 Å². The van der Waals surface area contributed by atoms with Crippen LogP contribution in [0.15, 0.2) is 23.0 Å². The molecule has 2 N–H and O–H groups in total. The van der Waals surface area contributed by atoms with Gasteiger partial charge in [0.05, 0.1) is 18.6 Å². The highest BCUT2D eigenvalue weighted by Gasteiger charge is 2.31. The van der Waals surface area contributed by atoms with Crippen molar-refractivity contribution in [1.29, 1.82) is 0 Å². The summed E-state index contributed by atoms with van der Waals surface area (Å²) in [7, 11) is 4.33. The second kappa shape index (κ2) is 12.0. The summed E-state index contributed by atoms with van der Waals surface area (Å²) < 4.78 is 5.39. The molecular formula is C32H44N4O3. The number of hydrogen-bond acceptors (Lipinski definition) is 5. The van der Waals surface area contributed by atoms with Gasteiger partial charge < -0.3 is 24.8 Å². The molecule has 4 rings (SSSR count). The Morgan fingerprint density at radius 1 is 1.10 bits per heavy atom. The topological polar surface area (TPSA) is 77.7 Å². The highest BCUT2D eigenvalue weighted by molar-refractivity contribution is 5.97. The molecule has 2 heterocycles. The first-order valence-electron chi connectivity index (χ1n) is 14.2. The maximum absolute atomic E-state index is 13.6. The predicted molar refractivity (Wildman–Crippen MR) is 157 cm³/mol. The molecule has 2 aliphatic rings. The first-order chi connectivity index (χ1) is 18.5. The van der Waals surface area contributed by atoms with Gasteiger partial charge >= 0.3 is 0 Å². The fourth-order valence-electron chi connectivity index (χ4n) is 5.88.